The monoisotopic (exact) mass is 256 g/mol. The van der Waals surface area contributed by atoms with Crippen LogP contribution in [0.5, 0.6) is 0 Å². The van der Waals surface area contributed by atoms with Crippen LogP contribution in [0.1, 0.15) is 17.0 Å². The molecule has 19 heavy (non-hydrogen) atoms. The number of hydrogen-bond acceptors (Lipinski definition) is 4. The summed E-state index contributed by atoms with van der Waals surface area (Å²) in [6, 6.07) is 3.88. The fourth-order valence-corrected chi connectivity index (χ4v) is 2.14. The number of pyridine rings is 1. The Bertz CT molecular complexity index is 752. The van der Waals surface area contributed by atoms with E-state index in [1.54, 1.807) is 0 Å². The number of aryl methyl sites for hydroxylation is 2. The highest BCUT2D eigenvalue weighted by Gasteiger charge is 2.12. The number of hydrogen-bond donors (Lipinski definition) is 1. The Hall–Kier alpha value is -2.37. The lowest BCUT2D eigenvalue weighted by Crippen LogP contribution is -2.06. The molecule has 0 aliphatic rings. The number of imidazole rings is 1. The van der Waals surface area contributed by atoms with Gasteiger partial charge in [-0.05, 0) is 26.0 Å². The van der Waals surface area contributed by atoms with E-state index in [0.717, 1.165) is 28.1 Å². The number of rotatable bonds is 2. The van der Waals surface area contributed by atoms with E-state index in [1.807, 2.05) is 48.5 Å². The summed E-state index contributed by atoms with van der Waals surface area (Å²) in [4.78, 5) is 8.86. The Morgan fingerprint density at radius 2 is 2.00 bits per heavy atom. The van der Waals surface area contributed by atoms with Crippen LogP contribution in [0.4, 0.5) is 5.95 Å². The number of fused-ring (bicyclic) bond motifs is 1. The number of aromatic nitrogens is 5. The first-order chi connectivity index (χ1) is 9.06. The predicted octanol–water partition coefficient (Wildman–Crippen LogP) is 1.41. The molecule has 0 atom stereocenters. The smallest absolute Gasteiger partial charge is 0.202 e. The molecule has 0 fully saturated rings. The average molecular weight is 256 g/mol. The molecule has 0 spiro atoms. The number of nitrogens with two attached hydrogens (primary N) is 1. The molecule has 6 nitrogen and oxygen atoms in total. The molecule has 0 aromatic carbocycles. The van der Waals surface area contributed by atoms with Crippen LogP contribution in [0.25, 0.3) is 11.2 Å². The van der Waals surface area contributed by atoms with E-state index in [0.29, 0.717) is 12.5 Å². The minimum atomic E-state index is 0.483. The summed E-state index contributed by atoms with van der Waals surface area (Å²) in [5, 5.41) is 4.25. The minimum absolute atomic E-state index is 0.483. The van der Waals surface area contributed by atoms with E-state index in [-0.39, 0.29) is 0 Å². The van der Waals surface area contributed by atoms with Crippen molar-refractivity contribution < 1.29 is 0 Å². The first kappa shape index (κ1) is 11.7. The Balaban J connectivity index is 2.12. The van der Waals surface area contributed by atoms with Crippen LogP contribution in [0, 0.1) is 13.8 Å². The third kappa shape index (κ3) is 1.85. The Morgan fingerprint density at radius 1 is 1.21 bits per heavy atom. The maximum atomic E-state index is 5.99. The second-order valence-corrected chi connectivity index (χ2v) is 4.73. The topological polar surface area (TPSA) is 74.5 Å². The van der Waals surface area contributed by atoms with Gasteiger partial charge in [0.25, 0.3) is 0 Å². The largest absolute Gasteiger partial charge is 0.369 e. The van der Waals surface area contributed by atoms with Gasteiger partial charge < -0.3 is 5.73 Å². The molecule has 3 aromatic rings. The standard InChI is InChI=1S/C13H16N6/c1-8-4-5-11-12(16-8)19(13(14)17-11)7-10-6-15-18(3)9(10)2/h4-6H,7H2,1-3H3,(H2,14,17). The molecule has 0 aliphatic heterocycles. The molecule has 0 saturated heterocycles. The molecular weight excluding hydrogens is 240 g/mol. The molecule has 0 unspecified atom stereocenters. The summed E-state index contributed by atoms with van der Waals surface area (Å²) < 4.78 is 3.77. The van der Waals surface area contributed by atoms with Crippen molar-refractivity contribution in [3.05, 3.63) is 35.3 Å². The molecular formula is C13H16N6. The predicted molar refractivity (Wildman–Crippen MR) is 73.7 cm³/mol. The van der Waals surface area contributed by atoms with Crippen molar-refractivity contribution in [2.24, 2.45) is 7.05 Å². The van der Waals surface area contributed by atoms with E-state index >= 15 is 0 Å². The van der Waals surface area contributed by atoms with Gasteiger partial charge in [-0.15, -0.1) is 0 Å². The number of anilines is 1. The lowest BCUT2D eigenvalue weighted by atomic mass is 10.2. The molecule has 0 radical (unpaired) electrons. The van der Waals surface area contributed by atoms with Crippen molar-refractivity contribution in [1.82, 2.24) is 24.3 Å². The molecule has 3 heterocycles. The first-order valence-electron chi connectivity index (χ1n) is 6.13. The van der Waals surface area contributed by atoms with E-state index < -0.39 is 0 Å². The molecule has 0 saturated carbocycles. The average Bonchev–Trinajstić information content (AvgIpc) is 2.85. The number of nitrogens with zero attached hydrogens (tertiary/aromatic N) is 5. The Morgan fingerprint density at radius 3 is 2.68 bits per heavy atom. The normalized spacial score (nSPS) is 11.3. The molecule has 3 aromatic heterocycles. The molecule has 98 valence electrons. The lowest BCUT2D eigenvalue weighted by molar-refractivity contribution is 0.733. The second-order valence-electron chi connectivity index (χ2n) is 4.73. The zero-order valence-electron chi connectivity index (χ0n) is 11.3. The molecule has 6 heteroatoms. The van der Waals surface area contributed by atoms with Crippen molar-refractivity contribution in [1.29, 1.82) is 0 Å². The highest BCUT2D eigenvalue weighted by Crippen LogP contribution is 2.19. The van der Waals surface area contributed by atoms with Crippen LogP contribution >= 0.6 is 0 Å². The highest BCUT2D eigenvalue weighted by molar-refractivity contribution is 5.74. The molecule has 0 amide bonds. The highest BCUT2D eigenvalue weighted by atomic mass is 15.3. The summed E-state index contributed by atoms with van der Waals surface area (Å²) >= 11 is 0. The summed E-state index contributed by atoms with van der Waals surface area (Å²) in [5.74, 6) is 0.483. The minimum Gasteiger partial charge on any atom is -0.369 e. The molecule has 3 rings (SSSR count). The molecule has 2 N–H and O–H groups in total. The van der Waals surface area contributed by atoms with Gasteiger partial charge in [0.2, 0.25) is 5.95 Å². The number of nitrogen functional groups attached to an aromatic ring is 1. The van der Waals surface area contributed by atoms with Gasteiger partial charge in [-0.3, -0.25) is 9.25 Å². The SMILES string of the molecule is Cc1ccc2nc(N)n(Cc3cnn(C)c3C)c2n1. The van der Waals surface area contributed by atoms with Gasteiger partial charge in [0.05, 0.1) is 12.7 Å². The summed E-state index contributed by atoms with van der Waals surface area (Å²) in [6.45, 7) is 4.64. The zero-order chi connectivity index (χ0) is 13.6. The van der Waals surface area contributed by atoms with Gasteiger partial charge in [-0.1, -0.05) is 0 Å². The van der Waals surface area contributed by atoms with Crippen molar-refractivity contribution >= 4 is 17.1 Å². The van der Waals surface area contributed by atoms with Gasteiger partial charge in [0.15, 0.2) is 5.65 Å². The van der Waals surface area contributed by atoms with Crippen LogP contribution in [0.3, 0.4) is 0 Å². The van der Waals surface area contributed by atoms with Crippen molar-refractivity contribution in [2.75, 3.05) is 5.73 Å². The third-order valence-corrected chi connectivity index (χ3v) is 3.43. The van der Waals surface area contributed by atoms with E-state index in [2.05, 4.69) is 15.1 Å². The van der Waals surface area contributed by atoms with Gasteiger partial charge >= 0.3 is 0 Å². The van der Waals surface area contributed by atoms with Gasteiger partial charge in [-0.25, -0.2) is 9.97 Å². The Kier molecular flexibility index (Phi) is 2.51. The van der Waals surface area contributed by atoms with E-state index in [1.165, 1.54) is 0 Å². The van der Waals surface area contributed by atoms with Crippen LogP contribution in [0.2, 0.25) is 0 Å². The summed E-state index contributed by atoms with van der Waals surface area (Å²) in [7, 11) is 1.93. The zero-order valence-corrected chi connectivity index (χ0v) is 11.3. The third-order valence-electron chi connectivity index (χ3n) is 3.43. The molecule has 0 bridgehead atoms. The van der Waals surface area contributed by atoms with E-state index in [9.17, 15) is 0 Å². The first-order valence-corrected chi connectivity index (χ1v) is 6.13. The van der Waals surface area contributed by atoms with Crippen LogP contribution in [-0.2, 0) is 13.6 Å². The van der Waals surface area contributed by atoms with Crippen molar-refractivity contribution in [3.8, 4) is 0 Å². The quantitative estimate of drug-likeness (QED) is 0.752. The maximum absolute atomic E-state index is 5.99. The van der Waals surface area contributed by atoms with E-state index in [4.69, 9.17) is 5.73 Å². The Labute approximate surface area is 110 Å². The summed E-state index contributed by atoms with van der Waals surface area (Å²) in [5.41, 5.74) is 10.8. The molecule has 0 aliphatic carbocycles. The van der Waals surface area contributed by atoms with Gasteiger partial charge in [-0.2, -0.15) is 5.10 Å². The lowest BCUT2D eigenvalue weighted by Gasteiger charge is -2.05. The van der Waals surface area contributed by atoms with Gasteiger partial charge in [0.1, 0.15) is 5.52 Å². The van der Waals surface area contributed by atoms with Crippen LogP contribution in [-0.4, -0.2) is 24.3 Å². The van der Waals surface area contributed by atoms with Crippen LogP contribution in [0.15, 0.2) is 18.3 Å². The van der Waals surface area contributed by atoms with Gasteiger partial charge in [0, 0.05) is 24.0 Å². The van der Waals surface area contributed by atoms with Crippen LogP contribution < -0.4 is 5.73 Å². The second kappa shape index (κ2) is 4.08. The van der Waals surface area contributed by atoms with Crippen molar-refractivity contribution in [3.63, 3.8) is 0 Å². The fraction of sp³-hybridized carbons (Fsp3) is 0.308. The summed E-state index contributed by atoms with van der Waals surface area (Å²) in [6.07, 6.45) is 1.86. The van der Waals surface area contributed by atoms with Crippen molar-refractivity contribution in [2.45, 2.75) is 20.4 Å². The maximum Gasteiger partial charge on any atom is 0.202 e. The fourth-order valence-electron chi connectivity index (χ4n) is 2.14.